The number of carbonyl (C=O) groups is 2. The molecule has 0 radical (unpaired) electrons. The zero-order valence-corrected chi connectivity index (χ0v) is 27.7. The lowest BCUT2D eigenvalue weighted by Crippen LogP contribution is -2.35. The second-order valence-electron chi connectivity index (χ2n) is 12.2. The summed E-state index contributed by atoms with van der Waals surface area (Å²) in [7, 11) is 5.28. The molecule has 0 aliphatic heterocycles. The molecule has 1 amide bonds. The molecule has 0 bridgehead atoms. The smallest absolute Gasteiger partial charge is 0.248 e. The molecule has 2 N–H and O–H groups in total. The van der Waals surface area contributed by atoms with Gasteiger partial charge in [-0.15, -0.1) is 0 Å². The molecule has 9 nitrogen and oxygen atoms in total. The van der Waals surface area contributed by atoms with Crippen LogP contribution in [-0.4, -0.2) is 58.6 Å². The van der Waals surface area contributed by atoms with E-state index in [0.29, 0.717) is 30.0 Å². The number of nitrogens with one attached hydrogen (secondary N) is 2. The number of hydrogen-bond donors (Lipinski definition) is 2. The third-order valence-corrected chi connectivity index (χ3v) is 9.30. The largest absolute Gasteiger partial charge is 0.494 e. The molecule has 250 valence electrons. The standard InChI is InChI=1S/C37H39F2N5O4/c1-21-18-31-35(41-22(2)43(31)3)37(48-5)33(21)26-8-7-17-44-29(26)14-15-30(44)36(46)23-19-27(38)34(28(39)20-23)42-32(45)9-6-16-40-24-10-12-25(47-4)13-11-24/h6-9,14-15,17-20,24-25,40H,10-13,16H2,1-5H3,(H,42,45)/b9-6+. The number of hydrogen-bond acceptors (Lipinski definition) is 6. The van der Waals surface area contributed by atoms with Gasteiger partial charge in [-0.1, -0.05) is 12.1 Å². The Balaban J connectivity index is 1.21. The number of amides is 1. The van der Waals surface area contributed by atoms with Gasteiger partial charge in [0.15, 0.2) is 5.75 Å². The number of methoxy groups -OCH3 is 2. The van der Waals surface area contributed by atoms with Gasteiger partial charge in [-0.2, -0.15) is 0 Å². The van der Waals surface area contributed by atoms with Crippen molar-refractivity contribution in [2.75, 3.05) is 26.1 Å². The van der Waals surface area contributed by atoms with Crippen molar-refractivity contribution in [3.63, 3.8) is 0 Å². The number of aromatic nitrogens is 3. The molecular weight excluding hydrogens is 616 g/mol. The molecule has 2 aromatic carbocycles. The van der Waals surface area contributed by atoms with E-state index in [2.05, 4.69) is 16.7 Å². The molecular formula is C37H39F2N5O4. The molecule has 0 saturated heterocycles. The topological polar surface area (TPSA) is 98.9 Å². The van der Waals surface area contributed by atoms with E-state index in [1.54, 1.807) is 49.1 Å². The molecule has 1 saturated carbocycles. The van der Waals surface area contributed by atoms with Crippen LogP contribution in [0.5, 0.6) is 5.75 Å². The number of rotatable bonds is 10. The lowest BCUT2D eigenvalue weighted by molar-refractivity contribution is -0.112. The Labute approximate surface area is 277 Å². The van der Waals surface area contributed by atoms with Crippen molar-refractivity contribution in [3.05, 3.63) is 95.1 Å². The molecule has 3 heterocycles. The minimum atomic E-state index is -1.05. The van der Waals surface area contributed by atoms with Gasteiger partial charge in [0.2, 0.25) is 11.7 Å². The third kappa shape index (κ3) is 6.23. The number of halogens is 2. The highest BCUT2D eigenvalue weighted by Gasteiger charge is 2.24. The van der Waals surface area contributed by atoms with Crippen LogP contribution in [0.2, 0.25) is 0 Å². The maximum Gasteiger partial charge on any atom is 0.248 e. The minimum absolute atomic E-state index is 0.185. The molecule has 6 rings (SSSR count). The van der Waals surface area contributed by atoms with Crippen LogP contribution in [0, 0.1) is 25.5 Å². The third-order valence-electron chi connectivity index (χ3n) is 9.30. The van der Waals surface area contributed by atoms with E-state index in [4.69, 9.17) is 14.5 Å². The highest BCUT2D eigenvalue weighted by molar-refractivity contribution is 6.10. The van der Waals surface area contributed by atoms with Crippen LogP contribution >= 0.6 is 0 Å². The summed E-state index contributed by atoms with van der Waals surface area (Å²) in [5.74, 6) is -1.88. The molecule has 1 fully saturated rings. The summed E-state index contributed by atoms with van der Waals surface area (Å²) >= 11 is 0. The first-order valence-electron chi connectivity index (χ1n) is 16.0. The highest BCUT2D eigenvalue weighted by Crippen LogP contribution is 2.41. The van der Waals surface area contributed by atoms with Gasteiger partial charge >= 0.3 is 0 Å². The van der Waals surface area contributed by atoms with E-state index in [1.807, 2.05) is 31.5 Å². The Morgan fingerprint density at radius 1 is 1.02 bits per heavy atom. The number of anilines is 1. The number of pyridine rings is 1. The molecule has 1 aliphatic carbocycles. The Morgan fingerprint density at radius 2 is 1.75 bits per heavy atom. The van der Waals surface area contributed by atoms with Crippen molar-refractivity contribution in [2.24, 2.45) is 7.05 Å². The molecule has 3 aromatic heterocycles. The quantitative estimate of drug-likeness (QED) is 0.129. The molecule has 11 heteroatoms. The molecule has 48 heavy (non-hydrogen) atoms. The van der Waals surface area contributed by atoms with Crippen LogP contribution in [0.25, 0.3) is 27.7 Å². The van der Waals surface area contributed by atoms with Crippen LogP contribution in [-0.2, 0) is 16.6 Å². The lowest BCUT2D eigenvalue weighted by Gasteiger charge is -2.27. The minimum Gasteiger partial charge on any atom is -0.494 e. The first-order valence-corrected chi connectivity index (χ1v) is 16.0. The van der Waals surface area contributed by atoms with E-state index in [0.717, 1.165) is 71.4 Å². The molecule has 0 unspecified atom stereocenters. The number of nitrogens with zero attached hydrogens (tertiary/aromatic N) is 3. The number of ketones is 1. The summed E-state index contributed by atoms with van der Waals surface area (Å²) < 4.78 is 45.3. The zero-order valence-electron chi connectivity index (χ0n) is 27.7. The number of ether oxygens (including phenoxy) is 2. The fourth-order valence-electron chi connectivity index (χ4n) is 6.64. The van der Waals surface area contributed by atoms with Crippen molar-refractivity contribution in [1.29, 1.82) is 0 Å². The Kier molecular flexibility index (Phi) is 9.43. The maximum absolute atomic E-state index is 15.2. The summed E-state index contributed by atoms with van der Waals surface area (Å²) in [6, 6.07) is 11.4. The Hall–Kier alpha value is -4.87. The van der Waals surface area contributed by atoms with Crippen LogP contribution in [0.15, 0.2) is 60.8 Å². The fraction of sp³-hybridized carbons (Fsp3) is 0.324. The summed E-state index contributed by atoms with van der Waals surface area (Å²) in [4.78, 5) is 30.8. The van der Waals surface area contributed by atoms with E-state index in [-0.39, 0.29) is 11.3 Å². The second-order valence-corrected chi connectivity index (χ2v) is 12.2. The Bertz CT molecular complexity index is 2030. The summed E-state index contributed by atoms with van der Waals surface area (Å²) in [6.07, 6.45) is 8.80. The number of fused-ring (bicyclic) bond motifs is 2. The molecule has 1 aliphatic rings. The first-order chi connectivity index (χ1) is 23.1. The maximum atomic E-state index is 15.2. The van der Waals surface area contributed by atoms with Gasteiger partial charge in [0.25, 0.3) is 0 Å². The van der Waals surface area contributed by atoms with Crippen LogP contribution in [0.3, 0.4) is 0 Å². The lowest BCUT2D eigenvalue weighted by atomic mass is 9.93. The summed E-state index contributed by atoms with van der Waals surface area (Å²) in [5.41, 5.74) is 4.42. The van der Waals surface area contributed by atoms with Crippen molar-refractivity contribution < 1.29 is 27.8 Å². The van der Waals surface area contributed by atoms with Gasteiger partial charge in [0.1, 0.15) is 28.7 Å². The van der Waals surface area contributed by atoms with Gasteiger partial charge in [-0.3, -0.25) is 9.59 Å². The van der Waals surface area contributed by atoms with E-state index < -0.39 is 29.0 Å². The highest BCUT2D eigenvalue weighted by atomic mass is 19.1. The van der Waals surface area contributed by atoms with E-state index in [9.17, 15) is 9.59 Å². The second kappa shape index (κ2) is 13.7. The average molecular weight is 656 g/mol. The predicted molar refractivity (Wildman–Crippen MR) is 182 cm³/mol. The van der Waals surface area contributed by atoms with Crippen molar-refractivity contribution in [3.8, 4) is 16.9 Å². The van der Waals surface area contributed by atoms with Gasteiger partial charge in [-0.25, -0.2) is 13.8 Å². The van der Waals surface area contributed by atoms with Gasteiger partial charge in [0.05, 0.1) is 29.9 Å². The zero-order chi connectivity index (χ0) is 34.1. The van der Waals surface area contributed by atoms with Gasteiger partial charge < -0.3 is 29.1 Å². The SMILES string of the molecule is COc1c(-c2cccn3c(C(=O)c4cc(F)c(NC(=O)/C=C/CNC5CCC(OC)CC5)c(F)c4)ccc23)c(C)cc2c1nc(C)n2C. The molecule has 0 spiro atoms. The number of benzene rings is 2. The number of imidazole rings is 1. The van der Waals surface area contributed by atoms with Gasteiger partial charge in [-0.05, 0) is 81.5 Å². The molecule has 5 aromatic rings. The van der Waals surface area contributed by atoms with Gasteiger partial charge in [0, 0.05) is 55.7 Å². The first kappa shape index (κ1) is 33.0. The number of aryl methyl sites for hydroxylation is 3. The van der Waals surface area contributed by atoms with Crippen molar-refractivity contribution >= 4 is 33.9 Å². The van der Waals surface area contributed by atoms with Crippen molar-refractivity contribution in [2.45, 2.75) is 51.7 Å². The summed E-state index contributed by atoms with van der Waals surface area (Å²) in [5, 5.41) is 5.63. The average Bonchev–Trinajstić information content (AvgIpc) is 3.64. The summed E-state index contributed by atoms with van der Waals surface area (Å²) in [6.45, 7) is 4.37. The van der Waals surface area contributed by atoms with E-state index >= 15 is 8.78 Å². The van der Waals surface area contributed by atoms with Crippen LogP contribution in [0.1, 0.15) is 53.1 Å². The predicted octanol–water partition coefficient (Wildman–Crippen LogP) is 6.67. The number of carbonyl (C=O) groups excluding carboxylic acids is 2. The fourth-order valence-corrected chi connectivity index (χ4v) is 6.64. The van der Waals surface area contributed by atoms with Crippen LogP contribution < -0.4 is 15.4 Å². The van der Waals surface area contributed by atoms with E-state index in [1.165, 1.54) is 6.08 Å². The normalized spacial score (nSPS) is 16.6. The monoisotopic (exact) mass is 655 g/mol. The van der Waals surface area contributed by atoms with Crippen LogP contribution in [0.4, 0.5) is 14.5 Å². The van der Waals surface area contributed by atoms with Crippen molar-refractivity contribution in [1.82, 2.24) is 19.3 Å². The Morgan fingerprint density at radius 3 is 2.44 bits per heavy atom. The molecule has 0 atom stereocenters.